The number of pyridine rings is 1. The van der Waals surface area contributed by atoms with Crippen molar-refractivity contribution in [1.82, 2.24) is 4.98 Å². The van der Waals surface area contributed by atoms with E-state index in [1.54, 1.807) is 0 Å². The minimum absolute atomic E-state index is 0.0156. The van der Waals surface area contributed by atoms with Gasteiger partial charge in [0.15, 0.2) is 9.84 Å². The van der Waals surface area contributed by atoms with Gasteiger partial charge < -0.3 is 10.0 Å². The molecule has 0 amide bonds. The van der Waals surface area contributed by atoms with Crippen LogP contribution in [0.3, 0.4) is 0 Å². The van der Waals surface area contributed by atoms with E-state index in [0.29, 0.717) is 13.1 Å². The average Bonchev–Trinajstić information content (AvgIpc) is 2.46. The molecular weight excluding hydrogens is 276 g/mol. The molecular formula is C14H16N2O3S. The van der Waals surface area contributed by atoms with Crippen molar-refractivity contribution < 1.29 is 13.5 Å². The van der Waals surface area contributed by atoms with Crippen LogP contribution in [0.4, 0.5) is 5.82 Å². The molecule has 0 spiro atoms. The predicted molar refractivity (Wildman–Crippen MR) is 78.5 cm³/mol. The highest BCUT2D eigenvalue weighted by Gasteiger charge is 2.22. The summed E-state index contributed by atoms with van der Waals surface area (Å²) in [6.45, 7) is 1.01. The average molecular weight is 292 g/mol. The summed E-state index contributed by atoms with van der Waals surface area (Å²) in [5.74, 6) is 1.19. The van der Waals surface area contributed by atoms with E-state index in [0.717, 1.165) is 22.3 Å². The second-order valence-electron chi connectivity index (χ2n) is 4.99. The molecule has 5 nitrogen and oxygen atoms in total. The van der Waals surface area contributed by atoms with Crippen molar-refractivity contribution in [3.05, 3.63) is 35.9 Å². The summed E-state index contributed by atoms with van der Waals surface area (Å²) in [4.78, 5) is 6.57. The van der Waals surface area contributed by atoms with E-state index in [1.165, 1.54) is 0 Å². The lowest BCUT2D eigenvalue weighted by molar-refractivity contribution is 0.282. The van der Waals surface area contributed by atoms with Gasteiger partial charge >= 0.3 is 0 Å². The molecule has 6 heteroatoms. The van der Waals surface area contributed by atoms with Crippen LogP contribution in [0.5, 0.6) is 0 Å². The fraction of sp³-hybridized carbons (Fsp3) is 0.357. The van der Waals surface area contributed by atoms with Gasteiger partial charge in [0.05, 0.1) is 23.6 Å². The fourth-order valence-corrected chi connectivity index (χ4v) is 3.58. The van der Waals surface area contributed by atoms with E-state index in [9.17, 15) is 8.42 Å². The van der Waals surface area contributed by atoms with Gasteiger partial charge in [-0.25, -0.2) is 13.4 Å². The first-order valence-electron chi connectivity index (χ1n) is 6.53. The Labute approximate surface area is 117 Å². The molecule has 1 aromatic carbocycles. The number of sulfone groups is 1. The van der Waals surface area contributed by atoms with Gasteiger partial charge in [-0.05, 0) is 29.8 Å². The van der Waals surface area contributed by atoms with Crippen molar-refractivity contribution in [1.29, 1.82) is 0 Å². The normalized spacial score (nSPS) is 18.4. The van der Waals surface area contributed by atoms with Crippen molar-refractivity contribution in [2.24, 2.45) is 0 Å². The molecule has 1 saturated heterocycles. The monoisotopic (exact) mass is 292 g/mol. The first-order valence-corrected chi connectivity index (χ1v) is 8.35. The van der Waals surface area contributed by atoms with E-state index in [2.05, 4.69) is 4.98 Å². The molecule has 20 heavy (non-hydrogen) atoms. The van der Waals surface area contributed by atoms with Crippen LogP contribution in [0, 0.1) is 0 Å². The number of rotatable bonds is 2. The fourth-order valence-electron chi connectivity index (χ4n) is 2.38. The highest BCUT2D eigenvalue weighted by atomic mass is 32.2. The number of benzene rings is 1. The lowest BCUT2D eigenvalue weighted by atomic mass is 10.1. The number of hydrogen-bond acceptors (Lipinski definition) is 5. The topological polar surface area (TPSA) is 70.5 Å². The Morgan fingerprint density at radius 3 is 2.60 bits per heavy atom. The number of nitrogens with zero attached hydrogens (tertiary/aromatic N) is 2. The predicted octanol–water partition coefficient (Wildman–Crippen LogP) is 0.962. The molecule has 106 valence electrons. The van der Waals surface area contributed by atoms with Gasteiger partial charge in [-0.3, -0.25) is 0 Å². The van der Waals surface area contributed by atoms with Crippen LogP contribution in [-0.2, 0) is 16.4 Å². The van der Waals surface area contributed by atoms with Crippen molar-refractivity contribution >= 4 is 26.6 Å². The van der Waals surface area contributed by atoms with Crippen LogP contribution in [0.15, 0.2) is 30.3 Å². The van der Waals surface area contributed by atoms with Gasteiger partial charge in [-0.1, -0.05) is 6.07 Å². The molecule has 2 aromatic rings. The number of aliphatic hydroxyl groups is 1. The largest absolute Gasteiger partial charge is 0.392 e. The lowest BCUT2D eigenvalue weighted by Crippen LogP contribution is -2.40. The van der Waals surface area contributed by atoms with Crippen LogP contribution in [-0.4, -0.2) is 43.1 Å². The maximum atomic E-state index is 11.4. The molecule has 0 radical (unpaired) electrons. The van der Waals surface area contributed by atoms with Crippen LogP contribution in [0.1, 0.15) is 5.56 Å². The molecule has 2 heterocycles. The van der Waals surface area contributed by atoms with Crippen molar-refractivity contribution in [2.75, 3.05) is 29.5 Å². The minimum atomic E-state index is -2.87. The first kappa shape index (κ1) is 13.3. The summed E-state index contributed by atoms with van der Waals surface area (Å²) >= 11 is 0. The van der Waals surface area contributed by atoms with Crippen molar-refractivity contribution in [3.63, 3.8) is 0 Å². The molecule has 0 aliphatic carbocycles. The maximum absolute atomic E-state index is 11.4. The second kappa shape index (κ2) is 5.03. The van der Waals surface area contributed by atoms with Gasteiger partial charge in [-0.15, -0.1) is 0 Å². The number of fused-ring (bicyclic) bond motifs is 1. The smallest absolute Gasteiger partial charge is 0.153 e. The Hall–Kier alpha value is -1.66. The quantitative estimate of drug-likeness (QED) is 0.893. The Morgan fingerprint density at radius 2 is 1.90 bits per heavy atom. The molecule has 1 fully saturated rings. The third-order valence-corrected chi connectivity index (χ3v) is 5.20. The number of aromatic nitrogens is 1. The zero-order chi connectivity index (χ0) is 14.2. The summed E-state index contributed by atoms with van der Waals surface area (Å²) in [7, 11) is -2.87. The Kier molecular flexibility index (Phi) is 3.35. The van der Waals surface area contributed by atoms with Gasteiger partial charge in [0.25, 0.3) is 0 Å². The molecule has 0 bridgehead atoms. The molecule has 0 unspecified atom stereocenters. The van der Waals surface area contributed by atoms with Gasteiger partial charge in [-0.2, -0.15) is 0 Å². The summed E-state index contributed by atoms with van der Waals surface area (Å²) in [5, 5.41) is 10.1. The van der Waals surface area contributed by atoms with Crippen LogP contribution in [0.25, 0.3) is 10.9 Å². The highest BCUT2D eigenvalue weighted by molar-refractivity contribution is 7.91. The third kappa shape index (κ3) is 2.62. The van der Waals surface area contributed by atoms with E-state index in [1.807, 2.05) is 35.2 Å². The van der Waals surface area contributed by atoms with Crippen LogP contribution >= 0.6 is 0 Å². The Balaban J connectivity index is 1.90. The lowest BCUT2D eigenvalue weighted by Gasteiger charge is -2.27. The van der Waals surface area contributed by atoms with E-state index in [4.69, 9.17) is 5.11 Å². The van der Waals surface area contributed by atoms with Crippen molar-refractivity contribution in [2.45, 2.75) is 6.61 Å². The number of hydrogen-bond donors (Lipinski definition) is 1. The van der Waals surface area contributed by atoms with Crippen LogP contribution in [0.2, 0.25) is 0 Å². The minimum Gasteiger partial charge on any atom is -0.392 e. The molecule has 1 aliphatic rings. The third-order valence-electron chi connectivity index (χ3n) is 3.59. The molecule has 1 aliphatic heterocycles. The summed E-state index contributed by atoms with van der Waals surface area (Å²) < 4.78 is 22.9. The molecule has 0 atom stereocenters. The molecule has 3 rings (SSSR count). The number of anilines is 1. The molecule has 1 aromatic heterocycles. The summed E-state index contributed by atoms with van der Waals surface area (Å²) in [6, 6.07) is 9.50. The second-order valence-corrected chi connectivity index (χ2v) is 7.30. The van der Waals surface area contributed by atoms with Gasteiger partial charge in [0.1, 0.15) is 5.82 Å². The zero-order valence-electron chi connectivity index (χ0n) is 11.0. The van der Waals surface area contributed by atoms with E-state index in [-0.39, 0.29) is 18.1 Å². The van der Waals surface area contributed by atoms with Gasteiger partial charge in [0, 0.05) is 18.5 Å². The van der Waals surface area contributed by atoms with Gasteiger partial charge in [0.2, 0.25) is 0 Å². The van der Waals surface area contributed by atoms with E-state index < -0.39 is 9.84 Å². The Morgan fingerprint density at radius 1 is 1.15 bits per heavy atom. The SMILES string of the molecule is O=S1(=O)CCN(c2ccc3cc(CO)ccc3n2)CC1. The van der Waals surface area contributed by atoms with Crippen LogP contribution < -0.4 is 4.90 Å². The summed E-state index contributed by atoms with van der Waals surface area (Å²) in [6.07, 6.45) is 0. The molecule has 0 saturated carbocycles. The highest BCUT2D eigenvalue weighted by Crippen LogP contribution is 2.21. The maximum Gasteiger partial charge on any atom is 0.153 e. The Bertz CT molecular complexity index is 729. The zero-order valence-corrected chi connectivity index (χ0v) is 11.8. The first-order chi connectivity index (χ1) is 9.57. The standard InChI is InChI=1S/C14H16N2O3S/c17-10-11-1-3-13-12(9-11)2-4-14(15-13)16-5-7-20(18,19)8-6-16/h1-4,9,17H,5-8,10H2. The van der Waals surface area contributed by atoms with Crippen molar-refractivity contribution in [3.8, 4) is 0 Å². The number of aliphatic hydroxyl groups excluding tert-OH is 1. The molecule has 1 N–H and O–H groups in total. The summed E-state index contributed by atoms with van der Waals surface area (Å²) in [5.41, 5.74) is 1.71. The van der Waals surface area contributed by atoms with E-state index >= 15 is 0 Å².